The fraction of sp³-hybridized carbons (Fsp3) is 0.611. The number of thioether (sulfide) groups is 1. The van der Waals surface area contributed by atoms with E-state index in [2.05, 4.69) is 52.8 Å². The quantitative estimate of drug-likeness (QED) is 0.789. The maximum atomic E-state index is 12.3. The topological polar surface area (TPSA) is 44.4 Å². The lowest BCUT2D eigenvalue weighted by molar-refractivity contribution is -0.122. The average molecular weight is 406 g/mol. The molecule has 0 radical (unpaired) electrons. The van der Waals surface area contributed by atoms with Gasteiger partial charge < -0.3 is 10.6 Å². The van der Waals surface area contributed by atoms with E-state index >= 15 is 0 Å². The molecule has 1 aromatic carbocycles. The van der Waals surface area contributed by atoms with E-state index in [1.165, 1.54) is 5.56 Å². The number of hydrogen-bond acceptors (Lipinski definition) is 4. The summed E-state index contributed by atoms with van der Waals surface area (Å²) in [7, 11) is 0. The Morgan fingerprint density at radius 3 is 2.76 bits per heavy atom. The van der Waals surface area contributed by atoms with Gasteiger partial charge in [0.15, 0.2) is 0 Å². The highest BCUT2D eigenvalue weighted by atomic mass is 35.5. The first-order valence-corrected chi connectivity index (χ1v) is 9.74. The summed E-state index contributed by atoms with van der Waals surface area (Å²) in [6.07, 6.45) is 1.65. The lowest BCUT2D eigenvalue weighted by Crippen LogP contribution is -2.44. The summed E-state index contributed by atoms with van der Waals surface area (Å²) in [5.74, 6) is 2.41. The van der Waals surface area contributed by atoms with Crippen molar-refractivity contribution in [3.8, 4) is 0 Å². The molecule has 0 saturated carbocycles. The summed E-state index contributed by atoms with van der Waals surface area (Å²) >= 11 is 1.94. The molecule has 2 fully saturated rings. The van der Waals surface area contributed by atoms with Crippen LogP contribution in [0.4, 0.5) is 0 Å². The van der Waals surface area contributed by atoms with E-state index in [9.17, 15) is 4.79 Å². The summed E-state index contributed by atoms with van der Waals surface area (Å²) in [6, 6.07) is 11.7. The molecule has 7 heteroatoms. The van der Waals surface area contributed by atoms with Crippen molar-refractivity contribution >= 4 is 42.5 Å². The molecule has 2 aliphatic rings. The fourth-order valence-corrected chi connectivity index (χ4v) is 4.45. The van der Waals surface area contributed by atoms with Gasteiger partial charge in [-0.05, 0) is 18.9 Å². The normalized spacial score (nSPS) is 26.4. The molecule has 4 nitrogen and oxygen atoms in total. The summed E-state index contributed by atoms with van der Waals surface area (Å²) in [4.78, 5) is 14.7. The Kier molecular flexibility index (Phi) is 10.2. The van der Waals surface area contributed by atoms with Gasteiger partial charge in [0.2, 0.25) is 5.91 Å². The van der Waals surface area contributed by atoms with Crippen LogP contribution in [0.1, 0.15) is 25.3 Å². The molecule has 0 bridgehead atoms. The van der Waals surface area contributed by atoms with Crippen LogP contribution < -0.4 is 10.6 Å². The van der Waals surface area contributed by atoms with Crippen molar-refractivity contribution in [1.82, 2.24) is 15.5 Å². The van der Waals surface area contributed by atoms with E-state index in [1.54, 1.807) is 0 Å². The number of carbonyl (C=O) groups is 1. The Hall–Kier alpha value is -0.460. The van der Waals surface area contributed by atoms with E-state index in [4.69, 9.17) is 0 Å². The second-order valence-corrected chi connectivity index (χ2v) is 7.84. The van der Waals surface area contributed by atoms with Gasteiger partial charge in [-0.25, -0.2) is 0 Å². The molecule has 0 aliphatic carbocycles. The number of benzene rings is 1. The molecule has 25 heavy (non-hydrogen) atoms. The highest BCUT2D eigenvalue weighted by Gasteiger charge is 2.30. The Bertz CT molecular complexity index is 514. The van der Waals surface area contributed by atoms with Gasteiger partial charge in [-0.1, -0.05) is 30.3 Å². The maximum absolute atomic E-state index is 12.3. The molecule has 2 heterocycles. The van der Waals surface area contributed by atoms with Crippen LogP contribution in [-0.4, -0.2) is 53.5 Å². The summed E-state index contributed by atoms with van der Waals surface area (Å²) in [5.41, 5.74) is 1.34. The molecule has 0 spiro atoms. The molecule has 1 amide bonds. The monoisotopic (exact) mass is 405 g/mol. The van der Waals surface area contributed by atoms with Crippen molar-refractivity contribution in [3.05, 3.63) is 35.9 Å². The Morgan fingerprint density at radius 2 is 2.08 bits per heavy atom. The van der Waals surface area contributed by atoms with Crippen LogP contribution in [0.25, 0.3) is 0 Å². The zero-order valence-electron chi connectivity index (χ0n) is 14.6. The number of likely N-dealkylation sites (tertiary alicyclic amines) is 1. The highest BCUT2D eigenvalue weighted by molar-refractivity contribution is 7.99. The van der Waals surface area contributed by atoms with Crippen molar-refractivity contribution in [1.29, 1.82) is 0 Å². The van der Waals surface area contributed by atoms with E-state index < -0.39 is 0 Å². The smallest absolute Gasteiger partial charge is 0.221 e. The fourth-order valence-electron chi connectivity index (χ4n) is 3.50. The van der Waals surface area contributed by atoms with E-state index in [0.29, 0.717) is 18.5 Å². The second-order valence-electron chi connectivity index (χ2n) is 6.69. The van der Waals surface area contributed by atoms with Crippen LogP contribution in [-0.2, 0) is 11.3 Å². The first kappa shape index (κ1) is 22.6. The maximum Gasteiger partial charge on any atom is 0.221 e. The van der Waals surface area contributed by atoms with Crippen molar-refractivity contribution in [2.45, 2.75) is 44.4 Å². The molecular formula is C18H29Cl2N3OS. The van der Waals surface area contributed by atoms with Crippen LogP contribution in [0.15, 0.2) is 30.3 Å². The van der Waals surface area contributed by atoms with Crippen LogP contribution in [0.3, 0.4) is 0 Å². The number of carbonyl (C=O) groups excluding carboxylic acids is 1. The lowest BCUT2D eigenvalue weighted by atomic mass is 10.1. The van der Waals surface area contributed by atoms with Crippen molar-refractivity contribution in [2.75, 3.05) is 24.6 Å². The molecule has 142 valence electrons. The number of rotatable bonds is 5. The van der Waals surface area contributed by atoms with Crippen LogP contribution in [0, 0.1) is 0 Å². The van der Waals surface area contributed by atoms with Crippen LogP contribution >= 0.6 is 36.6 Å². The SMILES string of the molecule is CC1CC(NC(=O)CC2CSCCN2)CN1Cc1ccccc1.Cl.Cl. The van der Waals surface area contributed by atoms with Crippen molar-refractivity contribution < 1.29 is 4.79 Å². The van der Waals surface area contributed by atoms with Gasteiger partial charge in [0.05, 0.1) is 0 Å². The number of nitrogens with zero attached hydrogens (tertiary/aromatic N) is 1. The Labute approximate surface area is 167 Å². The third-order valence-electron chi connectivity index (χ3n) is 4.73. The standard InChI is InChI=1S/C18H27N3OS.2ClH/c1-14-9-16(12-21(14)11-15-5-3-2-4-6-15)20-18(22)10-17-13-23-8-7-19-17;;/h2-6,14,16-17,19H,7-13H2,1H3,(H,20,22);2*1H. The molecule has 0 aromatic heterocycles. The molecule has 2 aliphatic heterocycles. The van der Waals surface area contributed by atoms with Crippen molar-refractivity contribution in [2.24, 2.45) is 0 Å². The summed E-state index contributed by atoms with van der Waals surface area (Å²) in [6.45, 7) is 5.20. The van der Waals surface area contributed by atoms with E-state index in [1.807, 2.05) is 11.8 Å². The summed E-state index contributed by atoms with van der Waals surface area (Å²) in [5, 5.41) is 6.68. The Morgan fingerprint density at radius 1 is 1.32 bits per heavy atom. The minimum absolute atomic E-state index is 0. The molecular weight excluding hydrogens is 377 g/mol. The Balaban J connectivity index is 0.00000156. The summed E-state index contributed by atoms with van der Waals surface area (Å²) < 4.78 is 0. The predicted molar refractivity (Wildman–Crippen MR) is 111 cm³/mol. The third-order valence-corrected chi connectivity index (χ3v) is 5.86. The zero-order valence-corrected chi connectivity index (χ0v) is 17.1. The number of nitrogens with one attached hydrogen (secondary N) is 2. The van der Waals surface area contributed by atoms with E-state index in [0.717, 1.165) is 37.6 Å². The minimum atomic E-state index is 0. The van der Waals surface area contributed by atoms with Crippen LogP contribution in [0.5, 0.6) is 0 Å². The molecule has 1 aromatic rings. The lowest BCUT2D eigenvalue weighted by Gasteiger charge is -2.23. The third kappa shape index (κ3) is 6.99. The molecule has 2 N–H and O–H groups in total. The second kappa shape index (κ2) is 11.3. The zero-order chi connectivity index (χ0) is 16.1. The van der Waals surface area contributed by atoms with Crippen LogP contribution in [0.2, 0.25) is 0 Å². The number of halogens is 2. The minimum Gasteiger partial charge on any atom is -0.352 e. The van der Waals surface area contributed by atoms with Gasteiger partial charge in [0.25, 0.3) is 0 Å². The first-order chi connectivity index (χ1) is 11.2. The number of amides is 1. The molecule has 3 rings (SSSR count). The van der Waals surface area contributed by atoms with Gasteiger partial charge in [0, 0.05) is 55.7 Å². The predicted octanol–water partition coefficient (Wildman–Crippen LogP) is 2.70. The molecule has 2 saturated heterocycles. The van der Waals surface area contributed by atoms with E-state index in [-0.39, 0.29) is 36.8 Å². The van der Waals surface area contributed by atoms with Gasteiger partial charge in [-0.15, -0.1) is 24.8 Å². The molecule has 3 unspecified atom stereocenters. The average Bonchev–Trinajstić information content (AvgIpc) is 2.88. The first-order valence-electron chi connectivity index (χ1n) is 8.59. The largest absolute Gasteiger partial charge is 0.352 e. The van der Waals surface area contributed by atoms with Gasteiger partial charge in [0.1, 0.15) is 0 Å². The van der Waals surface area contributed by atoms with Gasteiger partial charge in [-0.2, -0.15) is 11.8 Å². The van der Waals surface area contributed by atoms with Gasteiger partial charge in [-0.3, -0.25) is 9.69 Å². The highest BCUT2D eigenvalue weighted by Crippen LogP contribution is 2.20. The number of hydrogen-bond donors (Lipinski definition) is 2. The van der Waals surface area contributed by atoms with Crippen molar-refractivity contribution in [3.63, 3.8) is 0 Å². The van der Waals surface area contributed by atoms with Gasteiger partial charge >= 0.3 is 0 Å². The molecule has 3 atom stereocenters.